The second-order valence-electron chi connectivity index (χ2n) is 5.01. The van der Waals surface area contributed by atoms with E-state index in [-0.39, 0.29) is 17.3 Å². The first kappa shape index (κ1) is 17.0. The molecule has 0 bridgehead atoms. The van der Waals surface area contributed by atoms with E-state index in [1.807, 2.05) is 12.1 Å². The average molecular weight is 334 g/mol. The Morgan fingerprint density at radius 1 is 1.13 bits per heavy atom. The van der Waals surface area contributed by atoms with Crippen molar-refractivity contribution in [2.75, 3.05) is 6.61 Å². The smallest absolute Gasteiger partial charge is 0.262 e. The SMILES string of the molecule is CCCc1ccc(OCC(=O)NC2=CC(=O)C(Cl)=CC2=O)cc1. The van der Waals surface area contributed by atoms with Crippen LogP contribution >= 0.6 is 11.6 Å². The number of hydrogen-bond acceptors (Lipinski definition) is 4. The average Bonchev–Trinajstić information content (AvgIpc) is 2.52. The van der Waals surface area contributed by atoms with Gasteiger partial charge < -0.3 is 10.1 Å². The van der Waals surface area contributed by atoms with E-state index in [0.717, 1.165) is 25.0 Å². The van der Waals surface area contributed by atoms with E-state index in [1.54, 1.807) is 12.1 Å². The molecule has 1 aromatic carbocycles. The van der Waals surface area contributed by atoms with Gasteiger partial charge in [0.15, 0.2) is 12.4 Å². The van der Waals surface area contributed by atoms with Crippen molar-refractivity contribution in [3.8, 4) is 5.75 Å². The van der Waals surface area contributed by atoms with E-state index in [2.05, 4.69) is 12.2 Å². The molecular weight excluding hydrogens is 318 g/mol. The molecule has 0 fully saturated rings. The third-order valence-corrected chi connectivity index (χ3v) is 3.44. The molecule has 1 aliphatic carbocycles. The summed E-state index contributed by atoms with van der Waals surface area (Å²) in [6.45, 7) is 1.84. The van der Waals surface area contributed by atoms with Gasteiger partial charge in [-0.2, -0.15) is 0 Å². The molecule has 5 nitrogen and oxygen atoms in total. The van der Waals surface area contributed by atoms with Gasteiger partial charge in [0.05, 0.1) is 10.7 Å². The zero-order valence-electron chi connectivity index (χ0n) is 12.6. The second-order valence-corrected chi connectivity index (χ2v) is 5.42. The van der Waals surface area contributed by atoms with Crippen LogP contribution < -0.4 is 10.1 Å². The lowest BCUT2D eigenvalue weighted by Gasteiger charge is -2.11. The van der Waals surface area contributed by atoms with Crippen molar-refractivity contribution in [3.05, 3.63) is 52.7 Å². The fourth-order valence-electron chi connectivity index (χ4n) is 2.01. The minimum absolute atomic E-state index is 0.105. The molecule has 0 saturated heterocycles. The Morgan fingerprint density at radius 2 is 1.83 bits per heavy atom. The predicted octanol–water partition coefficient (Wildman–Crippen LogP) is 2.29. The number of carbonyl (C=O) groups excluding carboxylic acids is 3. The molecule has 0 aliphatic heterocycles. The molecule has 0 radical (unpaired) electrons. The maximum atomic E-state index is 11.8. The molecular formula is C17H16ClNO4. The number of hydrogen-bond donors (Lipinski definition) is 1. The summed E-state index contributed by atoms with van der Waals surface area (Å²) in [6.07, 6.45) is 4.03. The van der Waals surface area contributed by atoms with Gasteiger partial charge in [-0.1, -0.05) is 37.1 Å². The van der Waals surface area contributed by atoms with Crippen molar-refractivity contribution in [1.29, 1.82) is 0 Å². The van der Waals surface area contributed by atoms with Gasteiger partial charge in [0.2, 0.25) is 5.78 Å². The molecule has 1 N–H and O–H groups in total. The maximum absolute atomic E-state index is 11.8. The fraction of sp³-hybridized carbons (Fsp3) is 0.235. The molecule has 0 saturated carbocycles. The molecule has 0 heterocycles. The normalized spacial score (nSPS) is 14.2. The first-order valence-electron chi connectivity index (χ1n) is 7.18. The zero-order chi connectivity index (χ0) is 16.8. The summed E-state index contributed by atoms with van der Waals surface area (Å²) in [7, 11) is 0. The first-order chi connectivity index (χ1) is 11.0. The number of ether oxygens (including phenoxy) is 1. The van der Waals surface area contributed by atoms with E-state index in [1.165, 1.54) is 5.56 Å². The summed E-state index contributed by atoms with van der Waals surface area (Å²) in [4.78, 5) is 34.8. The summed E-state index contributed by atoms with van der Waals surface area (Å²) in [6, 6.07) is 7.45. The van der Waals surface area contributed by atoms with Gasteiger partial charge in [0.1, 0.15) is 5.75 Å². The van der Waals surface area contributed by atoms with Crippen LogP contribution in [-0.2, 0) is 20.8 Å². The van der Waals surface area contributed by atoms with Crippen LogP contribution in [0.3, 0.4) is 0 Å². The van der Waals surface area contributed by atoms with E-state index in [9.17, 15) is 14.4 Å². The molecule has 0 atom stereocenters. The predicted molar refractivity (Wildman–Crippen MR) is 86.1 cm³/mol. The zero-order valence-corrected chi connectivity index (χ0v) is 13.4. The number of benzene rings is 1. The standard InChI is InChI=1S/C17H16ClNO4/c1-2-3-11-4-6-12(7-5-11)23-10-17(22)19-14-9-15(20)13(18)8-16(14)21/h4-9H,2-3,10H2,1H3,(H,19,22). The fourth-order valence-corrected chi connectivity index (χ4v) is 2.16. The highest BCUT2D eigenvalue weighted by atomic mass is 35.5. The Labute approximate surface area is 139 Å². The van der Waals surface area contributed by atoms with Crippen LogP contribution in [0, 0.1) is 0 Å². The third-order valence-electron chi connectivity index (χ3n) is 3.14. The van der Waals surface area contributed by atoms with Crippen LogP contribution in [0.15, 0.2) is 47.1 Å². The molecule has 6 heteroatoms. The molecule has 23 heavy (non-hydrogen) atoms. The van der Waals surface area contributed by atoms with Gasteiger partial charge >= 0.3 is 0 Å². The number of aryl methyl sites for hydroxylation is 1. The summed E-state index contributed by atoms with van der Waals surface area (Å²) in [5, 5.41) is 2.18. The Hall–Kier alpha value is -2.40. The van der Waals surface area contributed by atoms with E-state index < -0.39 is 17.5 Å². The molecule has 1 aliphatic rings. The van der Waals surface area contributed by atoms with Crippen LogP contribution in [0.2, 0.25) is 0 Å². The van der Waals surface area contributed by atoms with E-state index in [0.29, 0.717) is 5.75 Å². The van der Waals surface area contributed by atoms with Crippen LogP contribution in [-0.4, -0.2) is 24.1 Å². The van der Waals surface area contributed by atoms with Gasteiger partial charge in [0, 0.05) is 12.2 Å². The second kappa shape index (κ2) is 7.74. The minimum Gasteiger partial charge on any atom is -0.484 e. The molecule has 0 spiro atoms. The summed E-state index contributed by atoms with van der Waals surface area (Å²) < 4.78 is 5.35. The highest BCUT2D eigenvalue weighted by Crippen LogP contribution is 2.14. The lowest BCUT2D eigenvalue weighted by molar-refractivity contribution is -0.124. The lowest BCUT2D eigenvalue weighted by atomic mass is 10.1. The Kier molecular flexibility index (Phi) is 5.71. The lowest BCUT2D eigenvalue weighted by Crippen LogP contribution is -2.32. The number of carbonyl (C=O) groups is 3. The largest absolute Gasteiger partial charge is 0.484 e. The third kappa shape index (κ3) is 4.79. The monoisotopic (exact) mass is 333 g/mol. The van der Waals surface area contributed by atoms with E-state index >= 15 is 0 Å². The number of nitrogens with one attached hydrogen (secondary N) is 1. The van der Waals surface area contributed by atoms with Gasteiger partial charge in [-0.15, -0.1) is 0 Å². The topological polar surface area (TPSA) is 72.5 Å². The number of ketones is 2. The molecule has 0 aromatic heterocycles. The van der Waals surface area contributed by atoms with Gasteiger partial charge in [0.25, 0.3) is 5.91 Å². The molecule has 1 amide bonds. The van der Waals surface area contributed by atoms with Crippen molar-refractivity contribution < 1.29 is 19.1 Å². The minimum atomic E-state index is -0.526. The quantitative estimate of drug-likeness (QED) is 0.811. The molecule has 2 rings (SSSR count). The number of allylic oxidation sites excluding steroid dienone is 3. The van der Waals surface area contributed by atoms with Crippen LogP contribution in [0.1, 0.15) is 18.9 Å². The Bertz CT molecular complexity index is 689. The van der Waals surface area contributed by atoms with Gasteiger partial charge in [-0.05, 0) is 24.1 Å². The summed E-state index contributed by atoms with van der Waals surface area (Å²) in [5.74, 6) is -1.01. The van der Waals surface area contributed by atoms with Crippen molar-refractivity contribution in [2.24, 2.45) is 0 Å². The first-order valence-corrected chi connectivity index (χ1v) is 7.56. The maximum Gasteiger partial charge on any atom is 0.262 e. The number of amides is 1. The van der Waals surface area contributed by atoms with Crippen LogP contribution in [0.25, 0.3) is 0 Å². The molecule has 1 aromatic rings. The van der Waals surface area contributed by atoms with Crippen molar-refractivity contribution in [1.82, 2.24) is 5.32 Å². The van der Waals surface area contributed by atoms with E-state index in [4.69, 9.17) is 16.3 Å². The molecule has 0 unspecified atom stereocenters. The van der Waals surface area contributed by atoms with Crippen LogP contribution in [0.5, 0.6) is 5.75 Å². The summed E-state index contributed by atoms with van der Waals surface area (Å²) in [5.41, 5.74) is 1.09. The van der Waals surface area contributed by atoms with Crippen LogP contribution in [0.4, 0.5) is 0 Å². The Morgan fingerprint density at radius 3 is 2.48 bits per heavy atom. The highest BCUT2D eigenvalue weighted by Gasteiger charge is 2.20. The van der Waals surface area contributed by atoms with Crippen molar-refractivity contribution in [2.45, 2.75) is 19.8 Å². The van der Waals surface area contributed by atoms with Crippen molar-refractivity contribution >= 4 is 29.1 Å². The summed E-state index contributed by atoms with van der Waals surface area (Å²) >= 11 is 5.55. The van der Waals surface area contributed by atoms with Gasteiger partial charge in [-0.25, -0.2) is 0 Å². The Balaban J connectivity index is 1.87. The molecule has 120 valence electrons. The number of halogens is 1. The van der Waals surface area contributed by atoms with Crippen molar-refractivity contribution in [3.63, 3.8) is 0 Å². The number of rotatable bonds is 6. The highest BCUT2D eigenvalue weighted by molar-refractivity contribution is 6.47. The van der Waals surface area contributed by atoms with Gasteiger partial charge in [-0.3, -0.25) is 14.4 Å².